The number of benzene rings is 1. The minimum absolute atomic E-state index is 0.190. The Morgan fingerprint density at radius 1 is 0.941 bits per heavy atom. The molecular weight excluding hydrogens is 436 g/mol. The van der Waals surface area contributed by atoms with Crippen molar-refractivity contribution in [2.24, 2.45) is 0 Å². The van der Waals surface area contributed by atoms with Crippen molar-refractivity contribution < 1.29 is 24.2 Å². The molecule has 0 aliphatic carbocycles. The molecule has 0 spiro atoms. The Balaban J connectivity index is 1.67. The third-order valence-electron chi connectivity index (χ3n) is 5.78. The van der Waals surface area contributed by atoms with Crippen molar-refractivity contribution in [1.29, 1.82) is 5.26 Å². The summed E-state index contributed by atoms with van der Waals surface area (Å²) in [4.78, 5) is 30.0. The molecule has 1 aromatic carbocycles. The molecule has 0 bridgehead atoms. The lowest BCUT2D eigenvalue weighted by molar-refractivity contribution is 0.0237. The van der Waals surface area contributed by atoms with E-state index >= 15 is 0 Å². The first-order valence-corrected chi connectivity index (χ1v) is 11.7. The number of carbonyl (C=O) groups excluding carboxylic acids is 2. The van der Waals surface area contributed by atoms with Crippen LogP contribution in [0.25, 0.3) is 0 Å². The zero-order chi connectivity index (χ0) is 25.3. The van der Waals surface area contributed by atoms with Crippen molar-refractivity contribution in [2.75, 3.05) is 44.2 Å². The van der Waals surface area contributed by atoms with Crippen LogP contribution >= 0.6 is 0 Å². The van der Waals surface area contributed by atoms with E-state index in [4.69, 9.17) is 9.47 Å². The number of carbonyl (C=O) groups is 2. The number of nitrogens with zero attached hydrogens (tertiary/aromatic N) is 4. The minimum Gasteiger partial charge on any atom is -0.444 e. The number of hydrogen-bond acceptors (Lipinski definition) is 7. The zero-order valence-electron chi connectivity index (χ0n) is 21.0. The predicted molar refractivity (Wildman–Crippen MR) is 128 cm³/mol. The summed E-state index contributed by atoms with van der Waals surface area (Å²) in [5.41, 5.74) is 0.967. The van der Waals surface area contributed by atoms with Gasteiger partial charge in [-0.15, -0.1) is 0 Å². The van der Waals surface area contributed by atoms with E-state index < -0.39 is 23.4 Å². The highest BCUT2D eigenvalue weighted by molar-refractivity contribution is 5.70. The quantitative estimate of drug-likeness (QED) is 0.704. The van der Waals surface area contributed by atoms with Crippen molar-refractivity contribution in [2.45, 2.75) is 64.8 Å². The summed E-state index contributed by atoms with van der Waals surface area (Å²) < 4.78 is 10.9. The molecule has 2 atom stereocenters. The molecule has 3 rings (SSSR count). The van der Waals surface area contributed by atoms with Crippen molar-refractivity contribution in [3.8, 4) is 6.07 Å². The number of amides is 2. The molecule has 0 saturated carbocycles. The molecule has 186 valence electrons. The predicted octanol–water partition coefficient (Wildman–Crippen LogP) is 3.31. The van der Waals surface area contributed by atoms with Gasteiger partial charge in [0.15, 0.2) is 0 Å². The average Bonchev–Trinajstić information content (AvgIpc) is 3.13. The lowest BCUT2D eigenvalue weighted by Gasteiger charge is -2.37. The van der Waals surface area contributed by atoms with Gasteiger partial charge in [0.05, 0.1) is 23.9 Å². The van der Waals surface area contributed by atoms with Gasteiger partial charge in [-0.25, -0.2) is 9.59 Å². The molecule has 1 N–H and O–H groups in total. The molecule has 2 heterocycles. The normalized spacial score (nSPS) is 21.3. The number of aliphatic hydroxyl groups is 1. The third kappa shape index (κ3) is 6.32. The van der Waals surface area contributed by atoms with Crippen LogP contribution in [0, 0.1) is 11.3 Å². The summed E-state index contributed by atoms with van der Waals surface area (Å²) in [7, 11) is 0. The summed E-state index contributed by atoms with van der Waals surface area (Å²) in [6, 6.07) is 7.86. The number of aliphatic hydroxyl groups excluding tert-OH is 1. The Morgan fingerprint density at radius 2 is 1.50 bits per heavy atom. The highest BCUT2D eigenvalue weighted by Gasteiger charge is 2.37. The van der Waals surface area contributed by atoms with Crippen LogP contribution in [0.2, 0.25) is 0 Å². The molecule has 2 saturated heterocycles. The Kier molecular flexibility index (Phi) is 7.32. The summed E-state index contributed by atoms with van der Waals surface area (Å²) >= 11 is 0. The highest BCUT2D eigenvalue weighted by Crippen LogP contribution is 2.32. The van der Waals surface area contributed by atoms with Crippen LogP contribution in [-0.4, -0.2) is 83.7 Å². The number of rotatable bonds is 2. The van der Waals surface area contributed by atoms with Crippen LogP contribution in [0.15, 0.2) is 18.2 Å². The number of nitriles is 1. The maximum absolute atomic E-state index is 12.4. The summed E-state index contributed by atoms with van der Waals surface area (Å²) in [5.74, 6) is -0.294. The van der Waals surface area contributed by atoms with E-state index in [1.165, 1.54) is 4.90 Å². The molecule has 9 heteroatoms. The molecule has 0 aromatic heterocycles. The van der Waals surface area contributed by atoms with Crippen molar-refractivity contribution in [1.82, 2.24) is 9.80 Å². The second kappa shape index (κ2) is 9.71. The van der Waals surface area contributed by atoms with E-state index in [0.717, 1.165) is 11.3 Å². The van der Waals surface area contributed by atoms with E-state index in [2.05, 4.69) is 11.0 Å². The molecule has 9 nitrogen and oxygen atoms in total. The second-order valence-electron chi connectivity index (χ2n) is 10.9. The van der Waals surface area contributed by atoms with Gasteiger partial charge in [0, 0.05) is 38.6 Å². The van der Waals surface area contributed by atoms with Crippen molar-refractivity contribution in [3.63, 3.8) is 0 Å². The first-order chi connectivity index (χ1) is 15.8. The highest BCUT2D eigenvalue weighted by atomic mass is 16.6. The SMILES string of the molecule is CC(C)(C)OC(=O)N1CCN(c2ccc([C@@H]3CN(C(=O)OC(C)(C)C)C[C@H]3O)cc2C#N)CC1. The topological polar surface area (TPSA) is 106 Å². The lowest BCUT2D eigenvalue weighted by atomic mass is 9.94. The van der Waals surface area contributed by atoms with E-state index in [-0.39, 0.29) is 18.6 Å². The minimum atomic E-state index is -0.734. The summed E-state index contributed by atoms with van der Waals surface area (Å²) in [6.07, 6.45) is -1.51. The molecule has 34 heavy (non-hydrogen) atoms. The van der Waals surface area contributed by atoms with Gasteiger partial charge >= 0.3 is 12.2 Å². The van der Waals surface area contributed by atoms with Gasteiger partial charge in [-0.3, -0.25) is 0 Å². The number of anilines is 1. The van der Waals surface area contributed by atoms with Crippen LogP contribution in [0.3, 0.4) is 0 Å². The van der Waals surface area contributed by atoms with Crippen LogP contribution in [-0.2, 0) is 9.47 Å². The lowest BCUT2D eigenvalue weighted by Crippen LogP contribution is -2.50. The third-order valence-corrected chi connectivity index (χ3v) is 5.78. The first kappa shape index (κ1) is 25.6. The number of hydrogen-bond donors (Lipinski definition) is 1. The van der Waals surface area contributed by atoms with E-state index in [9.17, 15) is 20.0 Å². The maximum atomic E-state index is 12.4. The van der Waals surface area contributed by atoms with Crippen LogP contribution < -0.4 is 4.90 Å². The molecule has 2 aliphatic rings. The molecule has 2 aliphatic heterocycles. The number of likely N-dealkylation sites (tertiary alicyclic amines) is 1. The van der Waals surface area contributed by atoms with Crippen LogP contribution in [0.5, 0.6) is 0 Å². The average molecular weight is 473 g/mol. The molecule has 2 amide bonds. The number of ether oxygens (including phenoxy) is 2. The van der Waals surface area contributed by atoms with Gasteiger partial charge in [-0.2, -0.15) is 5.26 Å². The van der Waals surface area contributed by atoms with Gasteiger partial charge in [-0.1, -0.05) is 6.07 Å². The fourth-order valence-electron chi connectivity index (χ4n) is 4.20. The Morgan fingerprint density at radius 3 is 2.03 bits per heavy atom. The largest absolute Gasteiger partial charge is 0.444 e. The molecule has 1 aromatic rings. The molecule has 0 unspecified atom stereocenters. The maximum Gasteiger partial charge on any atom is 0.410 e. The van der Waals surface area contributed by atoms with Gasteiger partial charge in [0.25, 0.3) is 0 Å². The second-order valence-corrected chi connectivity index (χ2v) is 10.9. The van der Waals surface area contributed by atoms with Crippen LogP contribution in [0.4, 0.5) is 15.3 Å². The Hall–Kier alpha value is -2.99. The molecular formula is C25H36N4O5. The monoisotopic (exact) mass is 472 g/mol. The van der Waals surface area contributed by atoms with E-state index in [1.54, 1.807) is 31.7 Å². The first-order valence-electron chi connectivity index (χ1n) is 11.7. The Labute approximate surface area is 201 Å². The molecule has 2 fully saturated rings. The summed E-state index contributed by atoms with van der Waals surface area (Å²) in [6.45, 7) is 13.7. The van der Waals surface area contributed by atoms with Gasteiger partial charge in [0.2, 0.25) is 0 Å². The van der Waals surface area contributed by atoms with Crippen molar-refractivity contribution >= 4 is 17.9 Å². The fourth-order valence-corrected chi connectivity index (χ4v) is 4.20. The molecule has 0 radical (unpaired) electrons. The fraction of sp³-hybridized carbons (Fsp3) is 0.640. The van der Waals surface area contributed by atoms with E-state index in [1.807, 2.05) is 32.9 Å². The van der Waals surface area contributed by atoms with Crippen molar-refractivity contribution in [3.05, 3.63) is 29.3 Å². The Bertz CT molecular complexity index is 952. The van der Waals surface area contributed by atoms with Crippen LogP contribution in [0.1, 0.15) is 58.6 Å². The zero-order valence-corrected chi connectivity index (χ0v) is 21.0. The van der Waals surface area contributed by atoms with Gasteiger partial charge in [-0.05, 0) is 59.2 Å². The van der Waals surface area contributed by atoms with E-state index in [0.29, 0.717) is 38.3 Å². The number of β-amino-alcohol motifs (C(OH)–C–C–N with tert-alkyl or cyclic N) is 1. The standard InChI is InChI=1S/C25H36N4O5/c1-24(2,3)33-22(31)28-11-9-27(10-12-28)20-8-7-17(13-18(20)14-26)19-15-29(16-21(19)30)23(32)34-25(4,5)6/h7-8,13,19,21,30H,9-12,15-16H2,1-6H3/t19-,21+/m0/s1. The number of piperazine rings is 1. The van der Waals surface area contributed by atoms with Gasteiger partial charge < -0.3 is 29.3 Å². The van der Waals surface area contributed by atoms with Gasteiger partial charge in [0.1, 0.15) is 17.3 Å². The smallest absolute Gasteiger partial charge is 0.410 e. The summed E-state index contributed by atoms with van der Waals surface area (Å²) in [5, 5.41) is 20.4.